The summed E-state index contributed by atoms with van der Waals surface area (Å²) < 4.78 is 26.9. The van der Waals surface area contributed by atoms with Gasteiger partial charge >= 0.3 is 0 Å². The van der Waals surface area contributed by atoms with Crippen molar-refractivity contribution in [3.8, 4) is 0 Å². The number of nitrogens with one attached hydrogen (secondary N) is 3. The van der Waals surface area contributed by atoms with Gasteiger partial charge in [0, 0.05) is 28.4 Å². The predicted octanol–water partition coefficient (Wildman–Crippen LogP) is 8.30. The summed E-state index contributed by atoms with van der Waals surface area (Å²) in [6.45, 7) is 7.08. The Hall–Kier alpha value is -2.84. The van der Waals surface area contributed by atoms with Crippen molar-refractivity contribution in [2.24, 2.45) is 5.92 Å². The molecule has 3 N–H and O–H groups in total. The fourth-order valence-electron chi connectivity index (χ4n) is 4.21. The first kappa shape index (κ1) is 28.2. The molecule has 1 saturated carbocycles. The topological polar surface area (TPSA) is 70.2 Å². The number of hydrogen-bond acceptors (Lipinski definition) is 3. The first-order chi connectivity index (χ1) is 17.8. The van der Waals surface area contributed by atoms with E-state index >= 15 is 0 Å². The molecular weight excluding hydrogens is 578 g/mol. The van der Waals surface area contributed by atoms with Crippen LogP contribution in [0, 0.1) is 24.5 Å². The molecule has 3 aromatic rings. The van der Waals surface area contributed by atoms with Crippen LogP contribution in [0.25, 0.3) is 0 Å². The average Bonchev–Trinajstić information content (AvgIpc) is 3.38. The monoisotopic (exact) mass is 597 g/mol. The normalized spacial score (nSPS) is 17.5. The van der Waals surface area contributed by atoms with Gasteiger partial charge in [0.1, 0.15) is 10.2 Å². The zero-order valence-electron chi connectivity index (χ0n) is 20.1. The number of anilines is 3. The third-order valence-corrected chi connectivity index (χ3v) is 7.37. The van der Waals surface area contributed by atoms with Crippen LogP contribution in [0.3, 0.4) is 0 Å². The van der Waals surface area contributed by atoms with Gasteiger partial charge in [0.15, 0.2) is 5.82 Å². The van der Waals surface area contributed by atoms with Gasteiger partial charge in [0.25, 0.3) is 5.91 Å². The van der Waals surface area contributed by atoms with Gasteiger partial charge in [-0.15, -0.1) is 23.2 Å². The molecule has 0 heterocycles. The smallest absolute Gasteiger partial charge is 0.257 e. The maximum absolute atomic E-state index is 14.4. The Morgan fingerprint density at radius 3 is 2.34 bits per heavy atom. The van der Waals surface area contributed by atoms with E-state index in [9.17, 15) is 18.4 Å². The van der Waals surface area contributed by atoms with Crippen LogP contribution in [0.15, 0.2) is 60.8 Å². The SMILES string of the molecule is C=C(C)Nc1c(F)cc(F)cc1NC(=O)c1cc(NC(=O)C2C(c3cc(C)cc(Cl)c3)C2(Cl)Cl)ccc1Cl. The van der Waals surface area contributed by atoms with Gasteiger partial charge in [0.05, 0.1) is 27.9 Å². The highest BCUT2D eigenvalue weighted by Gasteiger charge is 2.67. The van der Waals surface area contributed by atoms with E-state index in [1.165, 1.54) is 18.2 Å². The number of benzene rings is 3. The summed E-state index contributed by atoms with van der Waals surface area (Å²) in [4.78, 5) is 26.1. The Morgan fingerprint density at radius 2 is 1.68 bits per heavy atom. The third-order valence-electron chi connectivity index (χ3n) is 5.88. The number of hydrogen-bond donors (Lipinski definition) is 3. The van der Waals surface area contributed by atoms with E-state index in [2.05, 4.69) is 22.5 Å². The zero-order valence-corrected chi connectivity index (χ0v) is 23.1. The fraction of sp³-hybridized carbons (Fsp3) is 0.185. The summed E-state index contributed by atoms with van der Waals surface area (Å²) in [6.07, 6.45) is 0. The second kappa shape index (κ2) is 10.7. The van der Waals surface area contributed by atoms with Gasteiger partial charge in [-0.05, 0) is 61.4 Å². The second-order valence-electron chi connectivity index (χ2n) is 9.05. The van der Waals surface area contributed by atoms with E-state index in [0.29, 0.717) is 16.8 Å². The van der Waals surface area contributed by atoms with Crippen molar-refractivity contribution in [3.05, 3.63) is 99.2 Å². The predicted molar refractivity (Wildman–Crippen MR) is 150 cm³/mol. The van der Waals surface area contributed by atoms with Crippen LogP contribution in [0.4, 0.5) is 25.8 Å². The van der Waals surface area contributed by atoms with E-state index in [1.54, 1.807) is 19.1 Å². The van der Waals surface area contributed by atoms with Crippen molar-refractivity contribution in [2.45, 2.75) is 24.1 Å². The number of aryl methyl sites for hydroxylation is 1. The molecule has 0 bridgehead atoms. The highest BCUT2D eigenvalue weighted by atomic mass is 35.5. The van der Waals surface area contributed by atoms with E-state index in [1.807, 2.05) is 13.0 Å². The molecule has 0 saturated heterocycles. The van der Waals surface area contributed by atoms with Crippen molar-refractivity contribution < 1.29 is 18.4 Å². The molecule has 0 spiro atoms. The minimum absolute atomic E-state index is 0.0452. The van der Waals surface area contributed by atoms with Crippen LogP contribution < -0.4 is 16.0 Å². The number of rotatable bonds is 7. The molecule has 198 valence electrons. The summed E-state index contributed by atoms with van der Waals surface area (Å²) in [5.41, 5.74) is 1.88. The van der Waals surface area contributed by atoms with Crippen molar-refractivity contribution in [1.29, 1.82) is 0 Å². The van der Waals surface area contributed by atoms with Gasteiger partial charge in [-0.2, -0.15) is 0 Å². The Balaban J connectivity index is 1.55. The lowest BCUT2D eigenvalue weighted by molar-refractivity contribution is -0.117. The summed E-state index contributed by atoms with van der Waals surface area (Å²) >= 11 is 25.3. The van der Waals surface area contributed by atoms with Crippen molar-refractivity contribution >= 4 is 75.3 Å². The molecule has 5 nitrogen and oxygen atoms in total. The van der Waals surface area contributed by atoms with Crippen molar-refractivity contribution in [3.63, 3.8) is 0 Å². The fourth-order valence-corrected chi connectivity index (χ4v) is 5.54. The third kappa shape index (κ3) is 5.91. The van der Waals surface area contributed by atoms with Gasteiger partial charge in [-0.1, -0.05) is 35.8 Å². The molecule has 1 aliphatic rings. The Kier molecular flexibility index (Phi) is 7.96. The molecule has 11 heteroatoms. The van der Waals surface area contributed by atoms with Crippen LogP contribution in [0.2, 0.25) is 10.0 Å². The number of carbonyl (C=O) groups is 2. The Labute approximate surface area is 238 Å². The quantitative estimate of drug-likeness (QED) is 0.240. The molecule has 1 aliphatic carbocycles. The standard InChI is InChI=1S/C27H21Cl4F2N3O2/c1-12(2)34-24-20(33)9-16(32)10-21(24)36-25(37)18-11-17(4-5-19(18)29)35-26(38)23-22(27(23,30)31)14-6-13(3)7-15(28)8-14/h4-11,22-23,34H,1H2,2-3H3,(H,35,38)(H,36,37). The number of amides is 2. The van der Waals surface area contributed by atoms with Gasteiger partial charge in [-0.25, -0.2) is 8.78 Å². The molecule has 2 amide bonds. The zero-order chi connectivity index (χ0) is 27.9. The van der Waals surface area contributed by atoms with Crippen LogP contribution >= 0.6 is 46.4 Å². The molecule has 2 unspecified atom stereocenters. The molecule has 0 radical (unpaired) electrons. The van der Waals surface area contributed by atoms with Gasteiger partial charge in [0.2, 0.25) is 5.91 Å². The summed E-state index contributed by atoms with van der Waals surface area (Å²) in [5, 5.41) is 8.36. The highest BCUT2D eigenvalue weighted by molar-refractivity contribution is 6.53. The van der Waals surface area contributed by atoms with Crippen LogP contribution in [0.5, 0.6) is 0 Å². The van der Waals surface area contributed by atoms with Gasteiger partial charge < -0.3 is 16.0 Å². The summed E-state index contributed by atoms with van der Waals surface area (Å²) in [6, 6.07) is 11.2. The molecular formula is C27H21Cl4F2N3O2. The summed E-state index contributed by atoms with van der Waals surface area (Å²) in [5.74, 6) is -4.30. The Morgan fingerprint density at radius 1 is 0.974 bits per heavy atom. The lowest BCUT2D eigenvalue weighted by Crippen LogP contribution is -2.18. The van der Waals surface area contributed by atoms with E-state index in [0.717, 1.165) is 17.2 Å². The molecule has 3 aromatic carbocycles. The number of allylic oxidation sites excluding steroid dienone is 1. The molecule has 2 atom stereocenters. The molecule has 0 aliphatic heterocycles. The largest absolute Gasteiger partial charge is 0.356 e. The number of alkyl halides is 2. The lowest BCUT2D eigenvalue weighted by Gasteiger charge is -2.15. The minimum Gasteiger partial charge on any atom is -0.356 e. The highest BCUT2D eigenvalue weighted by Crippen LogP contribution is 2.65. The van der Waals surface area contributed by atoms with E-state index < -0.39 is 39.6 Å². The summed E-state index contributed by atoms with van der Waals surface area (Å²) in [7, 11) is 0. The van der Waals surface area contributed by atoms with E-state index in [-0.39, 0.29) is 27.6 Å². The first-order valence-corrected chi connectivity index (χ1v) is 12.8. The molecule has 38 heavy (non-hydrogen) atoms. The minimum atomic E-state index is -1.35. The van der Waals surface area contributed by atoms with Gasteiger partial charge in [-0.3, -0.25) is 9.59 Å². The molecule has 4 rings (SSSR count). The average molecular weight is 599 g/mol. The van der Waals surface area contributed by atoms with Crippen LogP contribution in [-0.4, -0.2) is 16.1 Å². The van der Waals surface area contributed by atoms with Crippen molar-refractivity contribution in [1.82, 2.24) is 0 Å². The maximum atomic E-state index is 14.4. The van der Waals surface area contributed by atoms with Crippen LogP contribution in [-0.2, 0) is 4.79 Å². The lowest BCUT2D eigenvalue weighted by atomic mass is 10.1. The first-order valence-electron chi connectivity index (χ1n) is 11.3. The van der Waals surface area contributed by atoms with E-state index in [4.69, 9.17) is 46.4 Å². The number of carbonyl (C=O) groups excluding carboxylic acids is 2. The van der Waals surface area contributed by atoms with Crippen LogP contribution in [0.1, 0.15) is 34.3 Å². The Bertz CT molecular complexity index is 1460. The number of halogens is 6. The molecule has 1 fully saturated rings. The second-order valence-corrected chi connectivity index (χ2v) is 11.3. The maximum Gasteiger partial charge on any atom is 0.257 e. The van der Waals surface area contributed by atoms with Crippen molar-refractivity contribution in [2.75, 3.05) is 16.0 Å². The molecule has 0 aromatic heterocycles.